The minimum atomic E-state index is 1.12. The van der Waals surface area contributed by atoms with Crippen molar-refractivity contribution in [2.75, 3.05) is 26.2 Å². The zero-order valence-corrected chi connectivity index (χ0v) is 13.6. The van der Waals surface area contributed by atoms with E-state index >= 15 is 0 Å². The van der Waals surface area contributed by atoms with Crippen molar-refractivity contribution < 1.29 is 0 Å². The van der Waals surface area contributed by atoms with Gasteiger partial charge in [-0.25, -0.2) is 0 Å². The van der Waals surface area contributed by atoms with Gasteiger partial charge >= 0.3 is 0 Å². The lowest BCUT2D eigenvalue weighted by Gasteiger charge is -2.06. The van der Waals surface area contributed by atoms with Gasteiger partial charge in [-0.1, -0.05) is 71.6 Å². The number of rotatable bonds is 16. The van der Waals surface area contributed by atoms with E-state index in [0.717, 1.165) is 19.6 Å². The molecule has 0 aliphatic heterocycles. The topological polar surface area (TPSA) is 24.1 Å². The van der Waals surface area contributed by atoms with Gasteiger partial charge in [0.05, 0.1) is 0 Å². The van der Waals surface area contributed by atoms with Crippen LogP contribution in [0.25, 0.3) is 0 Å². The van der Waals surface area contributed by atoms with Crippen LogP contribution in [-0.4, -0.2) is 26.2 Å². The number of hydrogen-bond acceptors (Lipinski definition) is 2. The Morgan fingerprint density at radius 2 is 0.895 bits per heavy atom. The standard InChI is InChI=1S/C17H38N2/c1-3-5-6-7-8-9-10-11-12-13-15-19-17-16-18-14-4-2/h18-19H,3-17H2,1-2H3. The molecule has 0 aromatic carbocycles. The SMILES string of the molecule is CCCCCCCCCCCCNCCNCCC. The van der Waals surface area contributed by atoms with E-state index in [9.17, 15) is 0 Å². The molecule has 0 heterocycles. The summed E-state index contributed by atoms with van der Waals surface area (Å²) in [6.07, 6.45) is 15.5. The van der Waals surface area contributed by atoms with Gasteiger partial charge in [0, 0.05) is 13.1 Å². The predicted octanol–water partition coefficient (Wildman–Crippen LogP) is 4.50. The van der Waals surface area contributed by atoms with Crippen LogP contribution in [0.1, 0.15) is 84.5 Å². The fourth-order valence-electron chi connectivity index (χ4n) is 2.34. The normalized spacial score (nSPS) is 11.1. The lowest BCUT2D eigenvalue weighted by Crippen LogP contribution is -2.28. The van der Waals surface area contributed by atoms with Crippen molar-refractivity contribution in [3.8, 4) is 0 Å². The number of hydrogen-bond donors (Lipinski definition) is 2. The Morgan fingerprint density at radius 3 is 1.42 bits per heavy atom. The van der Waals surface area contributed by atoms with Crippen molar-refractivity contribution >= 4 is 0 Å². The Kier molecular flexibility index (Phi) is 17.8. The second kappa shape index (κ2) is 17.9. The predicted molar refractivity (Wildman–Crippen MR) is 87.9 cm³/mol. The molecule has 0 spiro atoms. The van der Waals surface area contributed by atoms with Crippen LogP contribution < -0.4 is 10.6 Å². The zero-order chi connectivity index (χ0) is 14.0. The third kappa shape index (κ3) is 17.9. The van der Waals surface area contributed by atoms with Gasteiger partial charge in [-0.3, -0.25) is 0 Å². The first-order chi connectivity index (χ1) is 9.41. The fourth-order valence-corrected chi connectivity index (χ4v) is 2.34. The number of nitrogens with one attached hydrogen (secondary N) is 2. The highest BCUT2D eigenvalue weighted by Crippen LogP contribution is 2.10. The van der Waals surface area contributed by atoms with Gasteiger partial charge < -0.3 is 10.6 Å². The molecule has 19 heavy (non-hydrogen) atoms. The third-order valence-corrected chi connectivity index (χ3v) is 3.61. The fraction of sp³-hybridized carbons (Fsp3) is 1.00. The van der Waals surface area contributed by atoms with Gasteiger partial charge in [0.2, 0.25) is 0 Å². The summed E-state index contributed by atoms with van der Waals surface area (Å²) in [5.74, 6) is 0. The van der Waals surface area contributed by atoms with E-state index in [2.05, 4.69) is 24.5 Å². The molecule has 0 rings (SSSR count). The van der Waals surface area contributed by atoms with E-state index < -0.39 is 0 Å². The summed E-state index contributed by atoms with van der Waals surface area (Å²) in [4.78, 5) is 0. The van der Waals surface area contributed by atoms with Crippen LogP contribution in [0.4, 0.5) is 0 Å². The van der Waals surface area contributed by atoms with E-state index in [4.69, 9.17) is 0 Å². The smallest absolute Gasteiger partial charge is 0.00767 e. The molecule has 0 atom stereocenters. The Balaban J connectivity index is 2.88. The summed E-state index contributed by atoms with van der Waals surface area (Å²) in [6.45, 7) is 9.09. The highest BCUT2D eigenvalue weighted by molar-refractivity contribution is 4.53. The Hall–Kier alpha value is -0.0800. The first kappa shape index (κ1) is 18.9. The van der Waals surface area contributed by atoms with Crippen LogP contribution in [0.5, 0.6) is 0 Å². The molecule has 2 heteroatoms. The van der Waals surface area contributed by atoms with E-state index in [-0.39, 0.29) is 0 Å². The quantitative estimate of drug-likeness (QED) is 0.404. The molecule has 0 aromatic rings. The average molecular weight is 271 g/mol. The summed E-state index contributed by atoms with van der Waals surface area (Å²) < 4.78 is 0. The molecular weight excluding hydrogens is 232 g/mol. The molecule has 2 nitrogen and oxygen atoms in total. The van der Waals surface area contributed by atoms with Crippen LogP contribution >= 0.6 is 0 Å². The van der Waals surface area contributed by atoms with Gasteiger partial charge in [0.15, 0.2) is 0 Å². The van der Waals surface area contributed by atoms with Crippen LogP contribution in [-0.2, 0) is 0 Å². The van der Waals surface area contributed by atoms with Crippen molar-refractivity contribution in [1.82, 2.24) is 10.6 Å². The summed E-state index contributed by atoms with van der Waals surface area (Å²) in [5.41, 5.74) is 0. The average Bonchev–Trinajstić information content (AvgIpc) is 2.43. The van der Waals surface area contributed by atoms with E-state index in [1.165, 1.54) is 77.2 Å². The van der Waals surface area contributed by atoms with Crippen molar-refractivity contribution in [3.63, 3.8) is 0 Å². The van der Waals surface area contributed by atoms with Crippen molar-refractivity contribution in [1.29, 1.82) is 0 Å². The van der Waals surface area contributed by atoms with E-state index in [1.807, 2.05) is 0 Å². The summed E-state index contributed by atoms with van der Waals surface area (Å²) in [6, 6.07) is 0. The van der Waals surface area contributed by atoms with Crippen molar-refractivity contribution in [2.45, 2.75) is 84.5 Å². The minimum absolute atomic E-state index is 1.12. The maximum Gasteiger partial charge on any atom is 0.00767 e. The highest BCUT2D eigenvalue weighted by atomic mass is 14.9. The molecule has 2 N–H and O–H groups in total. The molecular formula is C17H38N2. The Labute approximate surface area is 122 Å². The van der Waals surface area contributed by atoms with E-state index in [0.29, 0.717) is 0 Å². The molecule has 0 fully saturated rings. The van der Waals surface area contributed by atoms with Crippen LogP contribution in [0.15, 0.2) is 0 Å². The van der Waals surface area contributed by atoms with Gasteiger partial charge in [-0.05, 0) is 25.9 Å². The zero-order valence-electron chi connectivity index (χ0n) is 13.6. The molecule has 0 aliphatic rings. The van der Waals surface area contributed by atoms with Crippen LogP contribution in [0.3, 0.4) is 0 Å². The monoisotopic (exact) mass is 270 g/mol. The first-order valence-corrected chi connectivity index (χ1v) is 8.83. The molecule has 0 saturated carbocycles. The molecule has 0 unspecified atom stereocenters. The second-order valence-electron chi connectivity index (χ2n) is 5.68. The lowest BCUT2D eigenvalue weighted by molar-refractivity contribution is 0.538. The maximum absolute atomic E-state index is 3.51. The minimum Gasteiger partial charge on any atom is -0.315 e. The van der Waals surface area contributed by atoms with E-state index in [1.54, 1.807) is 0 Å². The third-order valence-electron chi connectivity index (χ3n) is 3.61. The van der Waals surface area contributed by atoms with Gasteiger partial charge in [-0.15, -0.1) is 0 Å². The van der Waals surface area contributed by atoms with Gasteiger partial charge in [0.1, 0.15) is 0 Å². The van der Waals surface area contributed by atoms with Crippen molar-refractivity contribution in [3.05, 3.63) is 0 Å². The van der Waals surface area contributed by atoms with Gasteiger partial charge in [-0.2, -0.15) is 0 Å². The summed E-state index contributed by atoms with van der Waals surface area (Å²) in [7, 11) is 0. The summed E-state index contributed by atoms with van der Waals surface area (Å²) in [5, 5.41) is 6.92. The summed E-state index contributed by atoms with van der Waals surface area (Å²) >= 11 is 0. The molecule has 0 aliphatic carbocycles. The van der Waals surface area contributed by atoms with Gasteiger partial charge in [0.25, 0.3) is 0 Å². The maximum atomic E-state index is 3.51. The van der Waals surface area contributed by atoms with Crippen LogP contribution in [0, 0.1) is 0 Å². The molecule has 0 saturated heterocycles. The molecule has 116 valence electrons. The van der Waals surface area contributed by atoms with Crippen LogP contribution in [0.2, 0.25) is 0 Å². The highest BCUT2D eigenvalue weighted by Gasteiger charge is 1.92. The molecule has 0 bridgehead atoms. The number of unbranched alkanes of at least 4 members (excludes halogenated alkanes) is 9. The Morgan fingerprint density at radius 1 is 0.421 bits per heavy atom. The van der Waals surface area contributed by atoms with Crippen molar-refractivity contribution in [2.24, 2.45) is 0 Å². The molecule has 0 radical (unpaired) electrons. The first-order valence-electron chi connectivity index (χ1n) is 8.83. The second-order valence-corrected chi connectivity index (χ2v) is 5.68. The molecule has 0 amide bonds. The lowest BCUT2D eigenvalue weighted by atomic mass is 10.1. The Bertz CT molecular complexity index is 132. The largest absolute Gasteiger partial charge is 0.315 e. The molecule has 0 aromatic heterocycles.